The van der Waals surface area contributed by atoms with Crippen molar-refractivity contribution < 1.29 is 39.3 Å². The van der Waals surface area contributed by atoms with Crippen LogP contribution < -0.4 is 27.4 Å². The van der Waals surface area contributed by atoms with E-state index < -0.39 is 53.8 Å². The first-order valence-corrected chi connectivity index (χ1v) is 14.6. The molecule has 0 aliphatic rings. The average molecular weight is 625 g/mol. The monoisotopic (exact) mass is 624 g/mol. The van der Waals surface area contributed by atoms with Gasteiger partial charge in [0.15, 0.2) is 0 Å². The molecule has 45 heavy (non-hydrogen) atoms. The van der Waals surface area contributed by atoms with Gasteiger partial charge in [0, 0.05) is 36.4 Å². The summed E-state index contributed by atoms with van der Waals surface area (Å²) in [7, 11) is 0. The Morgan fingerprint density at radius 1 is 0.778 bits per heavy atom. The van der Waals surface area contributed by atoms with Crippen molar-refractivity contribution in [2.75, 3.05) is 6.54 Å². The topological polar surface area (TPSA) is 250 Å². The van der Waals surface area contributed by atoms with Gasteiger partial charge in [0.25, 0.3) is 0 Å². The fourth-order valence-corrected chi connectivity index (χ4v) is 4.79. The van der Waals surface area contributed by atoms with Gasteiger partial charge in [-0.25, -0.2) is 4.79 Å². The number of amides is 3. The predicted molar refractivity (Wildman–Crippen MR) is 165 cm³/mol. The highest BCUT2D eigenvalue weighted by Gasteiger charge is 2.31. The van der Waals surface area contributed by atoms with E-state index in [1.165, 1.54) is 12.1 Å². The number of para-hydroxylation sites is 1. The molecule has 0 aliphatic heterocycles. The van der Waals surface area contributed by atoms with Crippen LogP contribution in [0.5, 0.6) is 5.75 Å². The van der Waals surface area contributed by atoms with E-state index in [9.17, 15) is 34.2 Å². The van der Waals surface area contributed by atoms with Crippen LogP contribution in [0.3, 0.4) is 0 Å². The summed E-state index contributed by atoms with van der Waals surface area (Å²) in [5.41, 5.74) is 13.5. The summed E-state index contributed by atoms with van der Waals surface area (Å²) in [6.45, 7) is 0.347. The normalized spacial score (nSPS) is 13.7. The third-order valence-electron chi connectivity index (χ3n) is 7.31. The standard InChI is InChI=1S/C31H40N6O8/c32-14-4-3-7-24(35-28(41)22(33)12-13-27(39)40)29(42)36-25(15-18-8-10-20(38)11-9-18)30(43)37-26(31(44)45)16-19-17-34-23-6-2-1-5-21(19)23/h1-2,5-6,8-11,17,22,24-26,34,38H,3-4,7,12-16,32-33H2,(H,35,41)(H,36,42)(H,37,43)(H,39,40)(H,44,45). The Labute approximate surface area is 259 Å². The first-order chi connectivity index (χ1) is 21.5. The van der Waals surface area contributed by atoms with Crippen molar-refractivity contribution in [1.82, 2.24) is 20.9 Å². The fourth-order valence-electron chi connectivity index (χ4n) is 4.79. The lowest BCUT2D eigenvalue weighted by molar-refractivity contribution is -0.142. The zero-order chi connectivity index (χ0) is 32.9. The minimum atomic E-state index is -1.33. The van der Waals surface area contributed by atoms with Gasteiger partial charge in [-0.15, -0.1) is 0 Å². The molecule has 0 spiro atoms. The molecule has 1 aromatic heterocycles. The fraction of sp³-hybridized carbons (Fsp3) is 0.387. The number of phenols is 1. The maximum Gasteiger partial charge on any atom is 0.326 e. The van der Waals surface area contributed by atoms with Crippen LogP contribution in [0, 0.1) is 0 Å². The van der Waals surface area contributed by atoms with Crippen molar-refractivity contribution in [3.63, 3.8) is 0 Å². The van der Waals surface area contributed by atoms with Crippen LogP contribution in [-0.4, -0.2) is 80.7 Å². The summed E-state index contributed by atoms with van der Waals surface area (Å²) in [5.74, 6) is -4.61. The number of carbonyl (C=O) groups is 5. The molecule has 3 aromatic rings. The number of carbonyl (C=O) groups excluding carboxylic acids is 3. The van der Waals surface area contributed by atoms with Crippen LogP contribution in [0.4, 0.5) is 0 Å². The number of fused-ring (bicyclic) bond motifs is 1. The van der Waals surface area contributed by atoms with Gasteiger partial charge in [0.2, 0.25) is 17.7 Å². The van der Waals surface area contributed by atoms with Gasteiger partial charge < -0.3 is 47.7 Å². The molecule has 1 heterocycles. The quantitative estimate of drug-likeness (QED) is 0.0887. The van der Waals surface area contributed by atoms with Crippen molar-refractivity contribution in [2.45, 2.75) is 69.1 Å². The molecule has 0 bridgehead atoms. The number of aromatic hydroxyl groups is 1. The smallest absolute Gasteiger partial charge is 0.326 e. The predicted octanol–water partition coefficient (Wildman–Crippen LogP) is 0.519. The summed E-state index contributed by atoms with van der Waals surface area (Å²) in [4.78, 5) is 66.0. The average Bonchev–Trinajstić information content (AvgIpc) is 3.42. The number of aliphatic carboxylic acids is 2. The number of aromatic amines is 1. The van der Waals surface area contributed by atoms with E-state index >= 15 is 0 Å². The summed E-state index contributed by atoms with van der Waals surface area (Å²) in [6, 6.07) is 8.39. The SMILES string of the molecule is NCCCCC(NC(=O)C(N)CCC(=O)O)C(=O)NC(Cc1ccc(O)cc1)C(=O)NC(Cc1c[nH]c2ccccc12)C(=O)O. The van der Waals surface area contributed by atoms with E-state index in [1.54, 1.807) is 18.3 Å². The third-order valence-corrected chi connectivity index (χ3v) is 7.31. The van der Waals surface area contributed by atoms with Gasteiger partial charge in [0.05, 0.1) is 6.04 Å². The number of nitrogens with one attached hydrogen (secondary N) is 4. The molecule has 3 rings (SSSR count). The number of phenolic OH excluding ortho intramolecular Hbond substituents is 1. The molecule has 0 saturated carbocycles. The Morgan fingerprint density at radius 2 is 1.42 bits per heavy atom. The van der Waals surface area contributed by atoms with Crippen LogP contribution in [0.2, 0.25) is 0 Å². The summed E-state index contributed by atoms with van der Waals surface area (Å²) in [6.07, 6.45) is 2.28. The highest BCUT2D eigenvalue weighted by atomic mass is 16.4. The second kappa shape index (κ2) is 16.8. The van der Waals surface area contributed by atoms with Crippen LogP contribution >= 0.6 is 0 Å². The second-order valence-electron chi connectivity index (χ2n) is 10.8. The molecule has 0 aliphatic carbocycles. The zero-order valence-electron chi connectivity index (χ0n) is 24.7. The highest BCUT2D eigenvalue weighted by Crippen LogP contribution is 2.19. The number of rotatable bonds is 18. The number of aromatic nitrogens is 1. The molecule has 0 radical (unpaired) electrons. The number of benzene rings is 2. The molecule has 14 nitrogen and oxygen atoms in total. The number of carboxylic acids is 2. The van der Waals surface area contributed by atoms with Gasteiger partial charge in [-0.2, -0.15) is 0 Å². The summed E-state index contributed by atoms with van der Waals surface area (Å²) in [5, 5.41) is 37.1. The van der Waals surface area contributed by atoms with Crippen LogP contribution in [0.1, 0.15) is 43.2 Å². The molecule has 11 N–H and O–H groups in total. The minimum Gasteiger partial charge on any atom is -0.508 e. The van der Waals surface area contributed by atoms with Gasteiger partial charge >= 0.3 is 11.9 Å². The first-order valence-electron chi connectivity index (χ1n) is 14.6. The Kier molecular flexibility index (Phi) is 12.9. The number of hydrogen-bond donors (Lipinski definition) is 9. The van der Waals surface area contributed by atoms with Gasteiger partial charge in [-0.3, -0.25) is 19.2 Å². The number of hydrogen-bond acceptors (Lipinski definition) is 8. The highest BCUT2D eigenvalue weighted by molar-refractivity contribution is 5.94. The second-order valence-corrected chi connectivity index (χ2v) is 10.8. The van der Waals surface area contributed by atoms with Crippen molar-refractivity contribution in [3.05, 3.63) is 65.9 Å². The van der Waals surface area contributed by atoms with Gasteiger partial charge in [-0.05, 0) is 61.6 Å². The van der Waals surface area contributed by atoms with E-state index in [0.29, 0.717) is 30.5 Å². The van der Waals surface area contributed by atoms with Crippen molar-refractivity contribution in [2.24, 2.45) is 11.5 Å². The first kappa shape index (κ1) is 34.5. The molecular weight excluding hydrogens is 584 g/mol. The van der Waals surface area contributed by atoms with Crippen LogP contribution in [0.15, 0.2) is 54.7 Å². The number of carboxylic acid groups (broad SMARTS) is 2. The maximum absolute atomic E-state index is 13.6. The molecule has 4 atom stereocenters. The lowest BCUT2D eigenvalue weighted by Gasteiger charge is -2.25. The van der Waals surface area contributed by atoms with Gasteiger partial charge in [0.1, 0.15) is 23.9 Å². The molecule has 0 fully saturated rings. The molecule has 3 amide bonds. The number of nitrogens with two attached hydrogens (primary N) is 2. The molecule has 14 heteroatoms. The molecule has 2 aromatic carbocycles. The summed E-state index contributed by atoms with van der Waals surface area (Å²) >= 11 is 0. The lowest BCUT2D eigenvalue weighted by atomic mass is 10.0. The molecule has 4 unspecified atom stereocenters. The van der Waals surface area contributed by atoms with Crippen LogP contribution in [0.25, 0.3) is 10.9 Å². The zero-order valence-corrected chi connectivity index (χ0v) is 24.7. The maximum atomic E-state index is 13.6. The van der Waals surface area contributed by atoms with Crippen molar-refractivity contribution in [1.29, 1.82) is 0 Å². The van der Waals surface area contributed by atoms with Crippen LogP contribution in [-0.2, 0) is 36.8 Å². The Bertz CT molecular complexity index is 1470. The van der Waals surface area contributed by atoms with E-state index in [1.807, 2.05) is 24.3 Å². The molecule has 0 saturated heterocycles. The van der Waals surface area contributed by atoms with Crippen molar-refractivity contribution in [3.8, 4) is 5.75 Å². The number of H-pyrrole nitrogens is 1. The van der Waals surface area contributed by atoms with Crippen molar-refractivity contribution >= 4 is 40.6 Å². The molecule has 242 valence electrons. The van der Waals surface area contributed by atoms with E-state index in [0.717, 1.165) is 10.9 Å². The largest absolute Gasteiger partial charge is 0.508 e. The van der Waals surface area contributed by atoms with E-state index in [2.05, 4.69) is 20.9 Å². The third kappa shape index (κ3) is 10.6. The molecular formula is C31H40N6O8. The Balaban J connectivity index is 1.81. The minimum absolute atomic E-state index is 0.00428. The Hall–Kier alpha value is -4.95. The van der Waals surface area contributed by atoms with E-state index in [-0.39, 0.29) is 37.9 Å². The number of unbranched alkanes of at least 4 members (excludes halogenated alkanes) is 1. The summed E-state index contributed by atoms with van der Waals surface area (Å²) < 4.78 is 0. The van der Waals surface area contributed by atoms with E-state index in [4.69, 9.17) is 16.6 Å². The Morgan fingerprint density at radius 3 is 2.09 bits per heavy atom. The lowest BCUT2D eigenvalue weighted by Crippen LogP contribution is -2.57. The van der Waals surface area contributed by atoms with Gasteiger partial charge in [-0.1, -0.05) is 30.3 Å².